The van der Waals surface area contributed by atoms with Gasteiger partial charge in [-0.2, -0.15) is 0 Å². The zero-order chi connectivity index (χ0) is 18.0. The number of unbranched alkanes of at least 4 members (excludes halogenated alkanes) is 7. The number of hydrogen-bond acceptors (Lipinski definition) is 4. The predicted octanol–water partition coefficient (Wildman–Crippen LogP) is 1.58. The van der Waals surface area contributed by atoms with Crippen LogP contribution in [0.4, 0.5) is 0 Å². The predicted molar refractivity (Wildman–Crippen MR) is 104 cm³/mol. The van der Waals surface area contributed by atoms with Gasteiger partial charge >= 0.3 is 0 Å². The lowest BCUT2D eigenvalue weighted by Crippen LogP contribution is -2.72. The van der Waals surface area contributed by atoms with Gasteiger partial charge in [-0.05, 0) is 13.0 Å². The number of nitrogens with one attached hydrogen (secondary N) is 1. The van der Waals surface area contributed by atoms with Gasteiger partial charge in [-0.1, -0.05) is 51.9 Å². The van der Waals surface area contributed by atoms with Gasteiger partial charge < -0.3 is 20.0 Å². The fourth-order valence-electron chi connectivity index (χ4n) is 4.33. The van der Waals surface area contributed by atoms with Crippen LogP contribution in [0.5, 0.6) is 0 Å². The normalized spacial score (nSPS) is 22.2. The molecule has 0 aromatic rings. The van der Waals surface area contributed by atoms with E-state index in [1.807, 2.05) is 0 Å². The zero-order valence-electron chi connectivity index (χ0n) is 16.5. The van der Waals surface area contributed by atoms with Gasteiger partial charge in [-0.3, -0.25) is 4.90 Å². The van der Waals surface area contributed by atoms with Crippen LogP contribution in [0.2, 0.25) is 0 Å². The molecular weight excluding hydrogens is 314 g/mol. The van der Waals surface area contributed by atoms with E-state index >= 15 is 0 Å². The van der Waals surface area contributed by atoms with Gasteiger partial charge in [0.25, 0.3) is 0 Å². The van der Waals surface area contributed by atoms with Gasteiger partial charge in [0.05, 0.1) is 19.2 Å². The van der Waals surface area contributed by atoms with Crippen molar-refractivity contribution in [2.75, 3.05) is 58.9 Å². The Morgan fingerprint density at radius 1 is 1.00 bits per heavy atom. The molecule has 0 aromatic heterocycles. The first-order chi connectivity index (χ1) is 12.1. The van der Waals surface area contributed by atoms with Crippen LogP contribution < -0.4 is 5.32 Å². The number of rotatable bonds is 13. The van der Waals surface area contributed by atoms with E-state index in [0.29, 0.717) is 6.54 Å². The second-order valence-corrected chi connectivity index (χ2v) is 8.44. The highest BCUT2D eigenvalue weighted by molar-refractivity contribution is 4.75. The van der Waals surface area contributed by atoms with Crippen LogP contribution >= 0.6 is 0 Å². The van der Waals surface area contributed by atoms with Crippen molar-refractivity contribution in [2.24, 2.45) is 0 Å². The highest BCUT2D eigenvalue weighted by atomic mass is 16.3. The molecule has 0 radical (unpaired) electrons. The number of piperazine rings is 1. The molecule has 0 aliphatic carbocycles. The molecule has 2 rings (SSSR count). The van der Waals surface area contributed by atoms with Crippen molar-refractivity contribution in [1.29, 1.82) is 0 Å². The van der Waals surface area contributed by atoms with E-state index in [-0.39, 0.29) is 12.2 Å². The lowest BCUT2D eigenvalue weighted by atomic mass is 10.0. The molecule has 2 saturated heterocycles. The average Bonchev–Trinajstić information content (AvgIpc) is 2.57. The molecule has 25 heavy (non-hydrogen) atoms. The molecule has 3 N–H and O–H groups in total. The molecule has 2 fully saturated rings. The Morgan fingerprint density at radius 2 is 1.60 bits per heavy atom. The van der Waals surface area contributed by atoms with Crippen LogP contribution in [-0.2, 0) is 0 Å². The molecule has 1 atom stereocenters. The van der Waals surface area contributed by atoms with E-state index in [1.54, 1.807) is 0 Å². The molecule has 0 aromatic carbocycles. The van der Waals surface area contributed by atoms with Crippen molar-refractivity contribution in [1.82, 2.24) is 10.2 Å². The minimum Gasteiger partial charge on any atom is -0.390 e. The van der Waals surface area contributed by atoms with Crippen molar-refractivity contribution < 1.29 is 14.7 Å². The van der Waals surface area contributed by atoms with E-state index in [4.69, 9.17) is 0 Å². The molecule has 0 saturated carbocycles. The number of aliphatic hydroxyl groups is 2. The SMILES string of the molecule is CCCCCCCCCCNCC(O)CN1CC[N+]2(CC1)CC(O)C2. The first kappa shape index (κ1) is 21.1. The molecule has 2 heterocycles. The van der Waals surface area contributed by atoms with Crippen LogP contribution in [0.1, 0.15) is 58.3 Å². The average molecular weight is 357 g/mol. The highest BCUT2D eigenvalue weighted by Crippen LogP contribution is 2.23. The van der Waals surface area contributed by atoms with E-state index in [0.717, 1.165) is 56.8 Å². The Bertz CT molecular complexity index is 338. The molecule has 5 heteroatoms. The van der Waals surface area contributed by atoms with E-state index < -0.39 is 0 Å². The van der Waals surface area contributed by atoms with Gasteiger partial charge in [0.2, 0.25) is 0 Å². The van der Waals surface area contributed by atoms with Crippen LogP contribution in [0.25, 0.3) is 0 Å². The summed E-state index contributed by atoms with van der Waals surface area (Å²) in [7, 11) is 0. The summed E-state index contributed by atoms with van der Waals surface area (Å²) in [4.78, 5) is 2.39. The maximum atomic E-state index is 10.2. The third kappa shape index (κ3) is 7.92. The largest absolute Gasteiger partial charge is 0.390 e. The number of β-amino-alcohol motifs (C(OH)–C–C–N with tert-alkyl or cyclic N) is 1. The van der Waals surface area contributed by atoms with Gasteiger partial charge in [0.15, 0.2) is 6.10 Å². The van der Waals surface area contributed by atoms with E-state index in [2.05, 4.69) is 17.1 Å². The lowest BCUT2D eigenvalue weighted by molar-refractivity contribution is -0.975. The van der Waals surface area contributed by atoms with Crippen LogP contribution in [0.3, 0.4) is 0 Å². The van der Waals surface area contributed by atoms with Gasteiger partial charge in [0.1, 0.15) is 13.1 Å². The molecule has 2 aliphatic rings. The molecule has 1 spiro atoms. The van der Waals surface area contributed by atoms with Crippen molar-refractivity contribution >= 4 is 0 Å². The summed E-state index contributed by atoms with van der Waals surface area (Å²) in [5, 5.41) is 23.2. The van der Waals surface area contributed by atoms with E-state index in [9.17, 15) is 10.2 Å². The van der Waals surface area contributed by atoms with Gasteiger partial charge in [0, 0.05) is 26.2 Å². The van der Waals surface area contributed by atoms with Crippen molar-refractivity contribution in [2.45, 2.75) is 70.5 Å². The Morgan fingerprint density at radius 3 is 2.20 bits per heavy atom. The fourth-order valence-corrected chi connectivity index (χ4v) is 4.33. The Kier molecular flexibility index (Phi) is 9.71. The fraction of sp³-hybridized carbons (Fsp3) is 1.00. The van der Waals surface area contributed by atoms with Crippen LogP contribution in [0, 0.1) is 0 Å². The Hall–Kier alpha value is -0.200. The summed E-state index contributed by atoms with van der Waals surface area (Å²) < 4.78 is 1.10. The first-order valence-electron chi connectivity index (χ1n) is 10.8. The summed E-state index contributed by atoms with van der Waals surface area (Å²) in [6.07, 6.45) is 10.5. The second kappa shape index (κ2) is 11.5. The third-order valence-corrected chi connectivity index (χ3v) is 6.03. The van der Waals surface area contributed by atoms with Gasteiger partial charge in [-0.15, -0.1) is 0 Å². The zero-order valence-corrected chi connectivity index (χ0v) is 16.5. The highest BCUT2D eigenvalue weighted by Gasteiger charge is 2.44. The summed E-state index contributed by atoms with van der Waals surface area (Å²) in [6, 6.07) is 0. The van der Waals surface area contributed by atoms with Crippen LogP contribution in [0.15, 0.2) is 0 Å². The minimum absolute atomic E-state index is 0.0716. The molecule has 2 aliphatic heterocycles. The summed E-state index contributed by atoms with van der Waals surface area (Å²) in [5.74, 6) is 0. The number of hydrogen-bond donors (Lipinski definition) is 3. The monoisotopic (exact) mass is 356 g/mol. The smallest absolute Gasteiger partial charge is 0.152 e. The molecule has 0 amide bonds. The van der Waals surface area contributed by atoms with Crippen LogP contribution in [-0.4, -0.2) is 90.7 Å². The maximum absolute atomic E-state index is 10.2. The topological polar surface area (TPSA) is 55.7 Å². The number of quaternary nitrogens is 1. The lowest BCUT2D eigenvalue weighted by Gasteiger charge is -2.52. The first-order valence-corrected chi connectivity index (χ1v) is 10.8. The maximum Gasteiger partial charge on any atom is 0.152 e. The second-order valence-electron chi connectivity index (χ2n) is 8.44. The van der Waals surface area contributed by atoms with Crippen molar-refractivity contribution in [3.63, 3.8) is 0 Å². The molecule has 5 nitrogen and oxygen atoms in total. The molecular formula is C20H42N3O2+. The quantitative estimate of drug-likeness (QED) is 0.346. The number of nitrogens with zero attached hydrogens (tertiary/aromatic N) is 2. The number of aliphatic hydroxyl groups excluding tert-OH is 2. The molecule has 1 unspecified atom stereocenters. The van der Waals surface area contributed by atoms with Crippen molar-refractivity contribution in [3.8, 4) is 0 Å². The summed E-state index contributed by atoms with van der Waals surface area (Å²) in [5.41, 5.74) is 0. The Balaban J connectivity index is 1.39. The molecule has 0 bridgehead atoms. The molecule has 148 valence electrons. The standard InChI is InChI=1S/C20H42N3O2/c1-2-3-4-5-6-7-8-9-10-21-15-19(24)16-22-11-13-23(14-12-22)17-20(25)18-23/h19-21,24-25H,2-18H2,1H3/q+1. The minimum atomic E-state index is -0.262. The van der Waals surface area contributed by atoms with Crippen molar-refractivity contribution in [3.05, 3.63) is 0 Å². The summed E-state index contributed by atoms with van der Waals surface area (Å²) >= 11 is 0. The third-order valence-electron chi connectivity index (χ3n) is 6.03. The summed E-state index contributed by atoms with van der Waals surface area (Å²) in [6.45, 7) is 11.1. The van der Waals surface area contributed by atoms with E-state index in [1.165, 1.54) is 51.4 Å². The Labute approximate surface area is 155 Å². The van der Waals surface area contributed by atoms with Gasteiger partial charge in [-0.25, -0.2) is 0 Å².